The number of anilines is 2. The molecule has 0 saturated carbocycles. The van der Waals surface area contributed by atoms with Crippen molar-refractivity contribution in [3.8, 4) is 0 Å². The first-order valence-corrected chi connectivity index (χ1v) is 9.15. The van der Waals surface area contributed by atoms with Crippen LogP contribution in [0.5, 0.6) is 0 Å². The van der Waals surface area contributed by atoms with Gasteiger partial charge in [-0.15, -0.1) is 0 Å². The SMILES string of the molecule is Cc1cc(F)cc(C)c1CNc1cc(NC(=O)[C@@H](C)O)cn2c(C)c(C)nc12. The monoisotopic (exact) mass is 384 g/mol. The molecule has 0 unspecified atom stereocenters. The largest absolute Gasteiger partial charge is 0.384 e. The van der Waals surface area contributed by atoms with Crippen LogP contribution in [0.2, 0.25) is 0 Å². The molecule has 1 aromatic carbocycles. The molecular weight excluding hydrogens is 359 g/mol. The lowest BCUT2D eigenvalue weighted by atomic mass is 10.0. The van der Waals surface area contributed by atoms with Gasteiger partial charge >= 0.3 is 0 Å². The van der Waals surface area contributed by atoms with Crippen molar-refractivity contribution in [2.24, 2.45) is 0 Å². The van der Waals surface area contributed by atoms with Gasteiger partial charge in [0.15, 0.2) is 5.65 Å². The Morgan fingerprint density at radius 2 is 1.86 bits per heavy atom. The maximum Gasteiger partial charge on any atom is 0.252 e. The molecule has 6 nitrogen and oxygen atoms in total. The van der Waals surface area contributed by atoms with Crippen molar-refractivity contribution < 1.29 is 14.3 Å². The lowest BCUT2D eigenvalue weighted by molar-refractivity contribution is -0.123. The van der Waals surface area contributed by atoms with Gasteiger partial charge in [-0.25, -0.2) is 9.37 Å². The molecule has 28 heavy (non-hydrogen) atoms. The molecule has 7 heteroatoms. The predicted molar refractivity (Wildman–Crippen MR) is 108 cm³/mol. The van der Waals surface area contributed by atoms with E-state index in [4.69, 9.17) is 0 Å². The maximum atomic E-state index is 13.6. The third kappa shape index (κ3) is 3.84. The molecule has 2 heterocycles. The number of aliphatic hydroxyl groups is 1. The molecule has 0 aliphatic heterocycles. The number of benzene rings is 1. The van der Waals surface area contributed by atoms with Crippen molar-refractivity contribution in [1.29, 1.82) is 0 Å². The Bertz CT molecular complexity index is 1030. The van der Waals surface area contributed by atoms with Crippen molar-refractivity contribution in [3.63, 3.8) is 0 Å². The van der Waals surface area contributed by atoms with E-state index in [0.717, 1.165) is 39.4 Å². The molecule has 148 valence electrons. The van der Waals surface area contributed by atoms with Gasteiger partial charge in [0.2, 0.25) is 0 Å². The molecule has 2 aromatic heterocycles. The molecule has 0 aliphatic rings. The minimum atomic E-state index is -1.11. The Morgan fingerprint density at radius 1 is 1.21 bits per heavy atom. The summed E-state index contributed by atoms with van der Waals surface area (Å²) in [6.45, 7) is 9.55. The lowest BCUT2D eigenvalue weighted by Crippen LogP contribution is -2.24. The van der Waals surface area contributed by atoms with Gasteiger partial charge in [0.1, 0.15) is 11.9 Å². The average molecular weight is 384 g/mol. The number of nitrogens with zero attached hydrogens (tertiary/aromatic N) is 2. The predicted octanol–water partition coefficient (Wildman–Crippen LogP) is 3.64. The number of imidazole rings is 1. The Labute approximate surface area is 163 Å². The zero-order chi connectivity index (χ0) is 20.6. The number of halogens is 1. The Morgan fingerprint density at radius 3 is 2.46 bits per heavy atom. The van der Waals surface area contributed by atoms with Gasteiger partial charge in [-0.3, -0.25) is 4.79 Å². The van der Waals surface area contributed by atoms with Crippen LogP contribution in [0.15, 0.2) is 24.4 Å². The summed E-state index contributed by atoms with van der Waals surface area (Å²) in [5.41, 5.74) is 6.62. The second-order valence-electron chi connectivity index (χ2n) is 7.16. The van der Waals surface area contributed by atoms with Crippen LogP contribution in [0.1, 0.15) is 35.0 Å². The Kier molecular flexibility index (Phi) is 5.38. The highest BCUT2D eigenvalue weighted by atomic mass is 19.1. The van der Waals surface area contributed by atoms with E-state index in [1.807, 2.05) is 32.1 Å². The topological polar surface area (TPSA) is 78.7 Å². The van der Waals surface area contributed by atoms with Crippen LogP contribution in [0.3, 0.4) is 0 Å². The van der Waals surface area contributed by atoms with Crippen LogP contribution in [-0.2, 0) is 11.3 Å². The van der Waals surface area contributed by atoms with Crippen molar-refractivity contribution in [3.05, 3.63) is 58.3 Å². The summed E-state index contributed by atoms with van der Waals surface area (Å²) < 4.78 is 15.5. The zero-order valence-electron chi connectivity index (χ0n) is 16.7. The summed E-state index contributed by atoms with van der Waals surface area (Å²) in [6, 6.07) is 4.82. The fourth-order valence-corrected chi connectivity index (χ4v) is 3.22. The Balaban J connectivity index is 1.99. The minimum absolute atomic E-state index is 0.247. The highest BCUT2D eigenvalue weighted by Gasteiger charge is 2.15. The second-order valence-corrected chi connectivity index (χ2v) is 7.16. The first-order chi connectivity index (χ1) is 13.2. The van der Waals surface area contributed by atoms with Crippen LogP contribution in [0.25, 0.3) is 5.65 Å². The van der Waals surface area contributed by atoms with E-state index < -0.39 is 12.0 Å². The standard InChI is InChI=1S/C21H25FN4O2/c1-11-6-16(22)7-12(2)18(11)9-23-19-8-17(25-21(28)15(5)27)10-26-14(4)13(3)24-20(19)26/h6-8,10,15,23,27H,9H2,1-5H3,(H,25,28)/t15-/m1/s1. The first kappa shape index (κ1) is 19.8. The third-order valence-electron chi connectivity index (χ3n) is 4.96. The third-order valence-corrected chi connectivity index (χ3v) is 4.96. The summed E-state index contributed by atoms with van der Waals surface area (Å²) in [5.74, 6) is -0.728. The molecule has 0 saturated heterocycles. The molecule has 3 N–H and O–H groups in total. The van der Waals surface area contributed by atoms with E-state index in [0.29, 0.717) is 12.2 Å². The summed E-state index contributed by atoms with van der Waals surface area (Å²) in [5, 5.41) is 15.6. The van der Waals surface area contributed by atoms with Gasteiger partial charge < -0.3 is 20.1 Å². The van der Waals surface area contributed by atoms with Crippen LogP contribution in [0.4, 0.5) is 15.8 Å². The highest BCUT2D eigenvalue weighted by Crippen LogP contribution is 2.26. The van der Waals surface area contributed by atoms with Crippen molar-refractivity contribution in [2.75, 3.05) is 10.6 Å². The quantitative estimate of drug-likeness (QED) is 0.628. The van der Waals surface area contributed by atoms with Crippen LogP contribution < -0.4 is 10.6 Å². The summed E-state index contributed by atoms with van der Waals surface area (Å²) in [7, 11) is 0. The molecule has 3 aromatic rings. The van der Waals surface area contributed by atoms with Gasteiger partial charge in [-0.1, -0.05) is 0 Å². The first-order valence-electron chi connectivity index (χ1n) is 9.15. The van der Waals surface area contributed by atoms with Gasteiger partial charge in [0.05, 0.1) is 17.1 Å². The fraction of sp³-hybridized carbons (Fsp3) is 0.333. The smallest absolute Gasteiger partial charge is 0.252 e. The molecular formula is C21H25FN4O2. The number of carbonyl (C=O) groups excluding carboxylic acids is 1. The van der Waals surface area contributed by atoms with E-state index >= 15 is 0 Å². The van der Waals surface area contributed by atoms with E-state index in [2.05, 4.69) is 15.6 Å². The fourth-order valence-electron chi connectivity index (χ4n) is 3.22. The average Bonchev–Trinajstić information content (AvgIpc) is 2.89. The number of aliphatic hydroxyl groups excluding tert-OH is 1. The summed E-state index contributed by atoms with van der Waals surface area (Å²) in [4.78, 5) is 16.5. The van der Waals surface area contributed by atoms with Gasteiger partial charge in [-0.2, -0.15) is 0 Å². The van der Waals surface area contributed by atoms with E-state index in [1.54, 1.807) is 12.3 Å². The van der Waals surface area contributed by atoms with E-state index in [-0.39, 0.29) is 5.82 Å². The molecule has 0 radical (unpaired) electrons. The Hall–Kier alpha value is -2.93. The molecule has 1 amide bonds. The number of nitrogens with one attached hydrogen (secondary N) is 2. The lowest BCUT2D eigenvalue weighted by Gasteiger charge is -2.15. The molecule has 0 aliphatic carbocycles. The molecule has 0 fully saturated rings. The number of hydrogen-bond donors (Lipinski definition) is 3. The van der Waals surface area contributed by atoms with Gasteiger partial charge in [0.25, 0.3) is 5.91 Å². The maximum absolute atomic E-state index is 13.6. The molecule has 1 atom stereocenters. The van der Waals surface area contributed by atoms with Crippen molar-refractivity contribution >= 4 is 22.9 Å². The minimum Gasteiger partial charge on any atom is -0.384 e. The van der Waals surface area contributed by atoms with Crippen molar-refractivity contribution in [1.82, 2.24) is 9.38 Å². The number of fused-ring (bicyclic) bond motifs is 1. The van der Waals surface area contributed by atoms with Gasteiger partial charge in [0, 0.05) is 18.4 Å². The van der Waals surface area contributed by atoms with Crippen molar-refractivity contribution in [2.45, 2.75) is 47.3 Å². The number of aromatic nitrogens is 2. The second kappa shape index (κ2) is 7.59. The number of aryl methyl sites for hydroxylation is 4. The normalized spacial score (nSPS) is 12.2. The van der Waals surface area contributed by atoms with Crippen LogP contribution in [-0.4, -0.2) is 26.5 Å². The number of hydrogen-bond acceptors (Lipinski definition) is 4. The number of carbonyl (C=O) groups is 1. The van der Waals surface area contributed by atoms with Crippen LogP contribution in [0, 0.1) is 33.5 Å². The number of pyridine rings is 1. The number of rotatable bonds is 5. The van der Waals surface area contributed by atoms with Crippen LogP contribution >= 0.6 is 0 Å². The van der Waals surface area contributed by atoms with E-state index in [9.17, 15) is 14.3 Å². The summed E-state index contributed by atoms with van der Waals surface area (Å²) in [6.07, 6.45) is 0.673. The molecule has 0 bridgehead atoms. The molecule has 0 spiro atoms. The molecule has 3 rings (SSSR count). The van der Waals surface area contributed by atoms with E-state index in [1.165, 1.54) is 19.1 Å². The number of amides is 1. The zero-order valence-corrected chi connectivity index (χ0v) is 16.7. The highest BCUT2D eigenvalue weighted by molar-refractivity contribution is 5.94. The summed E-state index contributed by atoms with van der Waals surface area (Å²) >= 11 is 0. The van der Waals surface area contributed by atoms with Gasteiger partial charge in [-0.05, 0) is 69.5 Å².